The minimum absolute atomic E-state index is 0.105. The fourth-order valence-electron chi connectivity index (χ4n) is 1.07. The third-order valence-corrected chi connectivity index (χ3v) is 1.94. The fraction of sp³-hybridized carbons (Fsp3) is 0.444. The van der Waals surface area contributed by atoms with Gasteiger partial charge in [0.1, 0.15) is 0 Å². The van der Waals surface area contributed by atoms with Crippen LogP contribution in [0.2, 0.25) is 0 Å². The summed E-state index contributed by atoms with van der Waals surface area (Å²) in [5.74, 6) is -0.144. The van der Waals surface area contributed by atoms with E-state index in [0.29, 0.717) is 0 Å². The molecule has 1 fully saturated rings. The average molecular weight is 182 g/mol. The summed E-state index contributed by atoms with van der Waals surface area (Å²) < 4.78 is 18.7. The number of nitrogens with zero attached hydrogens (tertiary/aromatic N) is 1. The Kier molecular flexibility index (Phi) is 2.14. The van der Waals surface area contributed by atoms with Crippen LogP contribution in [-0.2, 0) is 6.54 Å². The number of hydrogen-bond acceptors (Lipinski definition) is 3. The first-order chi connectivity index (χ1) is 6.31. The largest absolute Gasteiger partial charge is 0.487 e. The summed E-state index contributed by atoms with van der Waals surface area (Å²) in [6.07, 6.45) is 3.74. The van der Waals surface area contributed by atoms with Gasteiger partial charge >= 0.3 is 0 Å². The van der Waals surface area contributed by atoms with Crippen LogP contribution in [0.1, 0.15) is 18.5 Å². The lowest BCUT2D eigenvalue weighted by Crippen LogP contribution is -2.06. The molecule has 0 saturated heterocycles. The van der Waals surface area contributed by atoms with Gasteiger partial charge in [0, 0.05) is 18.8 Å². The summed E-state index contributed by atoms with van der Waals surface area (Å²) in [6, 6.07) is 1.53. The van der Waals surface area contributed by atoms with Crippen molar-refractivity contribution in [1.82, 2.24) is 4.98 Å². The normalized spacial score (nSPS) is 15.8. The molecule has 0 radical (unpaired) electrons. The lowest BCUT2D eigenvalue weighted by atomic mass is 10.3. The van der Waals surface area contributed by atoms with E-state index >= 15 is 0 Å². The molecule has 2 rings (SSSR count). The standard InChI is InChI=1S/C9H11FN2O/c10-9-7(5-11)12-4-3-8(9)13-6-1-2-6/h3-4,6H,1-2,5,11H2. The zero-order valence-electron chi connectivity index (χ0n) is 7.16. The van der Waals surface area contributed by atoms with Gasteiger partial charge in [-0.15, -0.1) is 0 Å². The molecule has 1 heterocycles. The van der Waals surface area contributed by atoms with E-state index in [0.717, 1.165) is 12.8 Å². The molecule has 13 heavy (non-hydrogen) atoms. The van der Waals surface area contributed by atoms with Crippen molar-refractivity contribution in [2.24, 2.45) is 5.73 Å². The molecule has 1 aliphatic carbocycles. The summed E-state index contributed by atoms with van der Waals surface area (Å²) in [5, 5.41) is 0. The first kappa shape index (κ1) is 8.44. The van der Waals surface area contributed by atoms with Crippen LogP contribution < -0.4 is 10.5 Å². The molecular formula is C9H11FN2O. The molecule has 0 unspecified atom stereocenters. The van der Waals surface area contributed by atoms with Crippen molar-refractivity contribution in [3.05, 3.63) is 23.8 Å². The van der Waals surface area contributed by atoms with E-state index < -0.39 is 5.82 Å². The number of ether oxygens (including phenoxy) is 1. The Hall–Kier alpha value is -1.16. The highest BCUT2D eigenvalue weighted by Gasteiger charge is 2.25. The van der Waals surface area contributed by atoms with Crippen LogP contribution in [0.15, 0.2) is 12.3 Å². The molecule has 0 amide bonds. The maximum Gasteiger partial charge on any atom is 0.187 e. The van der Waals surface area contributed by atoms with Crippen molar-refractivity contribution in [1.29, 1.82) is 0 Å². The molecule has 1 aromatic heterocycles. The van der Waals surface area contributed by atoms with E-state index in [2.05, 4.69) is 4.98 Å². The van der Waals surface area contributed by atoms with Crippen molar-refractivity contribution in [2.45, 2.75) is 25.5 Å². The van der Waals surface area contributed by atoms with E-state index in [1.165, 1.54) is 12.3 Å². The zero-order valence-corrected chi connectivity index (χ0v) is 7.16. The van der Waals surface area contributed by atoms with E-state index in [4.69, 9.17) is 10.5 Å². The van der Waals surface area contributed by atoms with Crippen LogP contribution in [0.3, 0.4) is 0 Å². The summed E-state index contributed by atoms with van der Waals surface area (Å²) in [7, 11) is 0. The fourth-order valence-corrected chi connectivity index (χ4v) is 1.07. The Morgan fingerprint density at radius 3 is 3.00 bits per heavy atom. The van der Waals surface area contributed by atoms with Crippen molar-refractivity contribution in [3.8, 4) is 5.75 Å². The smallest absolute Gasteiger partial charge is 0.187 e. The van der Waals surface area contributed by atoms with Crippen molar-refractivity contribution in [2.75, 3.05) is 0 Å². The number of hydrogen-bond donors (Lipinski definition) is 1. The van der Waals surface area contributed by atoms with Crippen molar-refractivity contribution >= 4 is 0 Å². The zero-order chi connectivity index (χ0) is 9.26. The second kappa shape index (κ2) is 3.30. The van der Waals surface area contributed by atoms with Gasteiger partial charge in [-0.25, -0.2) is 4.39 Å². The van der Waals surface area contributed by atoms with E-state index in [9.17, 15) is 4.39 Å². The Bertz CT molecular complexity index is 312. The molecule has 1 saturated carbocycles. The quantitative estimate of drug-likeness (QED) is 0.764. The van der Waals surface area contributed by atoms with Gasteiger partial charge in [0.15, 0.2) is 11.6 Å². The van der Waals surface area contributed by atoms with E-state index in [1.807, 2.05) is 0 Å². The molecule has 70 valence electrons. The molecule has 0 spiro atoms. The summed E-state index contributed by atoms with van der Waals surface area (Å²) in [4.78, 5) is 3.81. The monoisotopic (exact) mass is 182 g/mol. The second-order valence-corrected chi connectivity index (χ2v) is 3.09. The lowest BCUT2D eigenvalue weighted by molar-refractivity contribution is 0.285. The molecule has 1 aliphatic rings. The third-order valence-electron chi connectivity index (χ3n) is 1.94. The van der Waals surface area contributed by atoms with Crippen LogP contribution in [0.25, 0.3) is 0 Å². The van der Waals surface area contributed by atoms with Gasteiger partial charge in [-0.2, -0.15) is 0 Å². The molecule has 0 aromatic carbocycles. The highest BCUT2D eigenvalue weighted by atomic mass is 19.1. The van der Waals surface area contributed by atoms with Crippen LogP contribution >= 0.6 is 0 Å². The molecule has 0 atom stereocenters. The Morgan fingerprint density at radius 1 is 1.62 bits per heavy atom. The minimum Gasteiger partial charge on any atom is -0.487 e. The Labute approximate surface area is 75.7 Å². The third kappa shape index (κ3) is 1.78. The van der Waals surface area contributed by atoms with Gasteiger partial charge in [0.25, 0.3) is 0 Å². The van der Waals surface area contributed by atoms with Gasteiger partial charge in [0.05, 0.1) is 11.8 Å². The molecular weight excluding hydrogens is 171 g/mol. The first-order valence-electron chi connectivity index (χ1n) is 4.31. The highest BCUT2D eigenvalue weighted by Crippen LogP contribution is 2.28. The summed E-state index contributed by atoms with van der Waals surface area (Å²) in [6.45, 7) is 0.105. The molecule has 3 nitrogen and oxygen atoms in total. The van der Waals surface area contributed by atoms with Gasteiger partial charge in [-0.1, -0.05) is 0 Å². The number of aromatic nitrogens is 1. The van der Waals surface area contributed by atoms with Crippen LogP contribution in [-0.4, -0.2) is 11.1 Å². The molecule has 2 N–H and O–H groups in total. The SMILES string of the molecule is NCc1nccc(OC2CC2)c1F. The van der Waals surface area contributed by atoms with Crippen LogP contribution in [0.5, 0.6) is 5.75 Å². The van der Waals surface area contributed by atoms with Crippen LogP contribution in [0.4, 0.5) is 4.39 Å². The van der Waals surface area contributed by atoms with E-state index in [1.54, 1.807) is 0 Å². The summed E-state index contributed by atoms with van der Waals surface area (Å²) in [5.41, 5.74) is 5.57. The maximum absolute atomic E-state index is 13.4. The Balaban J connectivity index is 2.22. The summed E-state index contributed by atoms with van der Waals surface area (Å²) >= 11 is 0. The predicted octanol–water partition coefficient (Wildman–Crippen LogP) is 1.22. The van der Waals surface area contributed by atoms with E-state index in [-0.39, 0.29) is 24.1 Å². The first-order valence-corrected chi connectivity index (χ1v) is 4.31. The lowest BCUT2D eigenvalue weighted by Gasteiger charge is -2.06. The van der Waals surface area contributed by atoms with Gasteiger partial charge < -0.3 is 10.5 Å². The van der Waals surface area contributed by atoms with Crippen LogP contribution in [0, 0.1) is 5.82 Å². The highest BCUT2D eigenvalue weighted by molar-refractivity contribution is 5.26. The Morgan fingerprint density at radius 2 is 2.38 bits per heavy atom. The number of nitrogens with two attached hydrogens (primary N) is 1. The van der Waals surface area contributed by atoms with Crippen molar-refractivity contribution < 1.29 is 9.13 Å². The number of rotatable bonds is 3. The molecule has 0 bridgehead atoms. The second-order valence-electron chi connectivity index (χ2n) is 3.09. The number of pyridine rings is 1. The molecule has 0 aliphatic heterocycles. The maximum atomic E-state index is 13.4. The molecule has 1 aromatic rings. The topological polar surface area (TPSA) is 48.1 Å². The minimum atomic E-state index is -0.420. The molecule has 4 heteroatoms. The average Bonchev–Trinajstić information content (AvgIpc) is 2.92. The van der Waals surface area contributed by atoms with Gasteiger partial charge in [-0.3, -0.25) is 4.98 Å². The number of halogens is 1. The van der Waals surface area contributed by atoms with Crippen molar-refractivity contribution in [3.63, 3.8) is 0 Å². The van der Waals surface area contributed by atoms with Gasteiger partial charge in [-0.05, 0) is 12.8 Å². The predicted molar refractivity (Wildman–Crippen MR) is 45.7 cm³/mol. The van der Waals surface area contributed by atoms with Gasteiger partial charge in [0.2, 0.25) is 0 Å².